The van der Waals surface area contributed by atoms with E-state index in [0.29, 0.717) is 28.9 Å². The molecule has 2 aromatic rings. The Labute approximate surface area is 142 Å². The molecule has 6 heteroatoms. The summed E-state index contributed by atoms with van der Waals surface area (Å²) in [7, 11) is 3.03. The fourth-order valence-electron chi connectivity index (χ4n) is 2.19. The maximum Gasteiger partial charge on any atom is 0.264 e. The second-order valence-corrected chi connectivity index (χ2v) is 5.38. The lowest BCUT2D eigenvalue weighted by atomic mass is 10.1. The predicted molar refractivity (Wildman–Crippen MR) is 95.1 cm³/mol. The Morgan fingerprint density at radius 3 is 2.33 bits per heavy atom. The molecule has 0 spiro atoms. The molecule has 2 rings (SSSR count). The standard InChI is InChI=1S/C18H23N3O3/c1-5-12(2)20-13-9-10-16(19-11-13)21-18(22)17-14(23-3)7-6-8-15(17)24-4/h6-12,20H,5H2,1-4H3,(H,19,21,22). The zero-order valence-corrected chi connectivity index (χ0v) is 14.4. The van der Waals surface area contributed by atoms with Crippen molar-refractivity contribution in [1.82, 2.24) is 4.98 Å². The number of hydrogen-bond donors (Lipinski definition) is 2. The molecule has 1 heterocycles. The Morgan fingerprint density at radius 1 is 1.17 bits per heavy atom. The molecule has 6 nitrogen and oxygen atoms in total. The number of benzene rings is 1. The van der Waals surface area contributed by atoms with Crippen LogP contribution in [-0.2, 0) is 0 Å². The summed E-state index contributed by atoms with van der Waals surface area (Å²) in [4.78, 5) is 16.8. The molecule has 0 aliphatic heterocycles. The lowest BCUT2D eigenvalue weighted by molar-refractivity contribution is 0.102. The van der Waals surface area contributed by atoms with Crippen molar-refractivity contribution in [3.63, 3.8) is 0 Å². The van der Waals surface area contributed by atoms with Gasteiger partial charge in [-0.3, -0.25) is 4.79 Å². The number of nitrogens with one attached hydrogen (secondary N) is 2. The third kappa shape index (κ3) is 4.16. The van der Waals surface area contributed by atoms with Crippen LogP contribution in [-0.4, -0.2) is 31.2 Å². The van der Waals surface area contributed by atoms with Crippen molar-refractivity contribution in [3.8, 4) is 11.5 Å². The molecule has 1 unspecified atom stereocenters. The van der Waals surface area contributed by atoms with E-state index in [9.17, 15) is 4.79 Å². The number of carbonyl (C=O) groups excluding carboxylic acids is 1. The number of methoxy groups -OCH3 is 2. The zero-order valence-electron chi connectivity index (χ0n) is 14.4. The van der Waals surface area contributed by atoms with E-state index in [1.165, 1.54) is 14.2 Å². The summed E-state index contributed by atoms with van der Waals surface area (Å²) in [5.74, 6) is 1.02. The van der Waals surface area contributed by atoms with Crippen LogP contribution in [0.5, 0.6) is 11.5 Å². The van der Waals surface area contributed by atoms with Gasteiger partial charge in [0.05, 0.1) is 26.1 Å². The molecule has 0 fully saturated rings. The van der Waals surface area contributed by atoms with Crippen LogP contribution in [0.1, 0.15) is 30.6 Å². The quantitative estimate of drug-likeness (QED) is 0.812. The molecular formula is C18H23N3O3. The summed E-state index contributed by atoms with van der Waals surface area (Å²) >= 11 is 0. The minimum Gasteiger partial charge on any atom is -0.496 e. The van der Waals surface area contributed by atoms with Crippen LogP contribution in [0.3, 0.4) is 0 Å². The molecule has 0 saturated carbocycles. The fourth-order valence-corrected chi connectivity index (χ4v) is 2.19. The highest BCUT2D eigenvalue weighted by Gasteiger charge is 2.18. The van der Waals surface area contributed by atoms with Crippen molar-refractivity contribution < 1.29 is 14.3 Å². The van der Waals surface area contributed by atoms with Gasteiger partial charge in [-0.05, 0) is 37.6 Å². The average molecular weight is 329 g/mol. The van der Waals surface area contributed by atoms with E-state index in [2.05, 4.69) is 29.5 Å². The summed E-state index contributed by atoms with van der Waals surface area (Å²) in [5, 5.41) is 6.09. The minimum atomic E-state index is -0.334. The van der Waals surface area contributed by atoms with E-state index in [0.717, 1.165) is 12.1 Å². The summed E-state index contributed by atoms with van der Waals surface area (Å²) < 4.78 is 10.5. The van der Waals surface area contributed by atoms with E-state index < -0.39 is 0 Å². The second-order valence-electron chi connectivity index (χ2n) is 5.38. The van der Waals surface area contributed by atoms with Crippen LogP contribution in [0, 0.1) is 0 Å². The fraction of sp³-hybridized carbons (Fsp3) is 0.333. The van der Waals surface area contributed by atoms with Gasteiger partial charge in [0.15, 0.2) is 0 Å². The highest BCUT2D eigenvalue weighted by molar-refractivity contribution is 6.07. The van der Waals surface area contributed by atoms with Gasteiger partial charge in [-0.15, -0.1) is 0 Å². The molecule has 1 atom stereocenters. The van der Waals surface area contributed by atoms with Crippen LogP contribution >= 0.6 is 0 Å². The van der Waals surface area contributed by atoms with Crippen LogP contribution in [0.4, 0.5) is 11.5 Å². The molecule has 0 radical (unpaired) electrons. The first-order valence-electron chi connectivity index (χ1n) is 7.84. The summed E-state index contributed by atoms with van der Waals surface area (Å²) in [5.41, 5.74) is 1.25. The Bertz CT molecular complexity index is 664. The second kappa shape index (κ2) is 8.19. The highest BCUT2D eigenvalue weighted by Crippen LogP contribution is 2.28. The van der Waals surface area contributed by atoms with Crippen molar-refractivity contribution >= 4 is 17.4 Å². The van der Waals surface area contributed by atoms with Gasteiger partial charge in [-0.2, -0.15) is 0 Å². The monoisotopic (exact) mass is 329 g/mol. The number of rotatable bonds is 7. The molecule has 0 saturated heterocycles. The third-order valence-corrected chi connectivity index (χ3v) is 3.69. The van der Waals surface area contributed by atoms with Gasteiger partial charge >= 0.3 is 0 Å². The van der Waals surface area contributed by atoms with E-state index >= 15 is 0 Å². The van der Waals surface area contributed by atoms with Crippen LogP contribution in [0.2, 0.25) is 0 Å². The van der Waals surface area contributed by atoms with Gasteiger partial charge in [-0.25, -0.2) is 4.98 Å². The summed E-state index contributed by atoms with van der Waals surface area (Å²) in [6.45, 7) is 4.21. The minimum absolute atomic E-state index is 0.334. The number of pyridine rings is 1. The first-order valence-corrected chi connectivity index (χ1v) is 7.84. The number of carbonyl (C=O) groups is 1. The van der Waals surface area contributed by atoms with E-state index in [1.54, 1.807) is 30.5 Å². The first-order chi connectivity index (χ1) is 11.6. The number of ether oxygens (including phenoxy) is 2. The van der Waals surface area contributed by atoms with Crippen LogP contribution < -0.4 is 20.1 Å². The molecule has 128 valence electrons. The average Bonchev–Trinajstić information content (AvgIpc) is 2.62. The summed E-state index contributed by atoms with van der Waals surface area (Å²) in [6, 6.07) is 9.19. The molecular weight excluding hydrogens is 306 g/mol. The summed E-state index contributed by atoms with van der Waals surface area (Å²) in [6.07, 6.45) is 2.72. The van der Waals surface area contributed by atoms with Gasteiger partial charge < -0.3 is 20.1 Å². The highest BCUT2D eigenvalue weighted by atomic mass is 16.5. The predicted octanol–water partition coefficient (Wildman–Crippen LogP) is 3.56. The maximum absolute atomic E-state index is 12.6. The largest absolute Gasteiger partial charge is 0.496 e. The molecule has 1 amide bonds. The van der Waals surface area contributed by atoms with Gasteiger partial charge in [0.25, 0.3) is 5.91 Å². The van der Waals surface area contributed by atoms with E-state index in [-0.39, 0.29) is 5.91 Å². The molecule has 1 aromatic heterocycles. The number of anilines is 2. The van der Waals surface area contributed by atoms with Crippen molar-refractivity contribution in [2.24, 2.45) is 0 Å². The van der Waals surface area contributed by atoms with Gasteiger partial charge in [0.1, 0.15) is 22.9 Å². The zero-order chi connectivity index (χ0) is 17.5. The molecule has 0 aliphatic carbocycles. The topological polar surface area (TPSA) is 72.5 Å². The molecule has 2 N–H and O–H groups in total. The van der Waals surface area contributed by atoms with E-state index in [1.807, 2.05) is 6.07 Å². The lowest BCUT2D eigenvalue weighted by Gasteiger charge is -2.14. The lowest BCUT2D eigenvalue weighted by Crippen LogP contribution is -2.16. The Kier molecular flexibility index (Phi) is 6.01. The Balaban J connectivity index is 2.15. The Hall–Kier alpha value is -2.76. The number of amides is 1. The molecule has 0 aliphatic rings. The van der Waals surface area contributed by atoms with Gasteiger partial charge in [0.2, 0.25) is 0 Å². The smallest absolute Gasteiger partial charge is 0.264 e. The van der Waals surface area contributed by atoms with Gasteiger partial charge in [0, 0.05) is 6.04 Å². The van der Waals surface area contributed by atoms with Crippen molar-refractivity contribution in [2.45, 2.75) is 26.3 Å². The maximum atomic E-state index is 12.6. The molecule has 24 heavy (non-hydrogen) atoms. The first kappa shape index (κ1) is 17.6. The Morgan fingerprint density at radius 2 is 1.83 bits per heavy atom. The normalized spacial score (nSPS) is 11.5. The van der Waals surface area contributed by atoms with Crippen molar-refractivity contribution in [1.29, 1.82) is 0 Å². The number of nitrogens with zero attached hydrogens (tertiary/aromatic N) is 1. The third-order valence-electron chi connectivity index (χ3n) is 3.69. The van der Waals surface area contributed by atoms with Crippen LogP contribution in [0.25, 0.3) is 0 Å². The van der Waals surface area contributed by atoms with Crippen LogP contribution in [0.15, 0.2) is 36.5 Å². The SMILES string of the molecule is CCC(C)Nc1ccc(NC(=O)c2c(OC)cccc2OC)nc1. The number of hydrogen-bond acceptors (Lipinski definition) is 5. The van der Waals surface area contributed by atoms with Gasteiger partial charge in [-0.1, -0.05) is 13.0 Å². The number of aromatic nitrogens is 1. The van der Waals surface area contributed by atoms with Crippen molar-refractivity contribution in [3.05, 3.63) is 42.1 Å². The molecule has 0 bridgehead atoms. The van der Waals surface area contributed by atoms with Crippen molar-refractivity contribution in [2.75, 3.05) is 24.9 Å². The molecule has 1 aromatic carbocycles. The van der Waals surface area contributed by atoms with E-state index in [4.69, 9.17) is 9.47 Å².